The fourth-order valence-electron chi connectivity index (χ4n) is 2.69. The molecule has 1 heterocycles. The number of hydrogen-bond donors (Lipinski definition) is 2. The van der Waals surface area contributed by atoms with Crippen LogP contribution >= 0.6 is 0 Å². The number of nitrogens with two attached hydrogens (primary N) is 1. The predicted octanol–water partition coefficient (Wildman–Crippen LogP) is 2.64. The van der Waals surface area contributed by atoms with Crippen LogP contribution in [0.3, 0.4) is 0 Å². The van der Waals surface area contributed by atoms with E-state index in [0.29, 0.717) is 0 Å². The summed E-state index contributed by atoms with van der Waals surface area (Å²) in [5.41, 5.74) is 3.74. The number of carboxylic acid groups (broad SMARTS) is 1. The van der Waals surface area contributed by atoms with Crippen LogP contribution in [-0.2, 0) is 9.53 Å². The first-order valence-electron chi connectivity index (χ1n) is 7.88. The van der Waals surface area contributed by atoms with Crippen molar-refractivity contribution in [3.8, 4) is 5.75 Å². The minimum absolute atomic E-state index is 0.00628. The minimum Gasteiger partial charge on any atom is -0.486 e. The van der Waals surface area contributed by atoms with Crippen molar-refractivity contribution in [3.63, 3.8) is 0 Å². The summed E-state index contributed by atoms with van der Waals surface area (Å²) < 4.78 is 24.3. The average Bonchev–Trinajstić information content (AvgIpc) is 2.79. The lowest BCUT2D eigenvalue weighted by atomic mass is 9.98. The SMILES string of the molecule is CC(C)(C)OC(=O)N1C[C@@H](Oc2cc(F)ccc2N)C[C@@]1(C)C(=O)O. The smallest absolute Gasteiger partial charge is 0.411 e. The highest BCUT2D eigenvalue weighted by Crippen LogP contribution is 2.34. The van der Waals surface area contributed by atoms with E-state index in [-0.39, 0.29) is 24.4 Å². The van der Waals surface area contributed by atoms with Gasteiger partial charge >= 0.3 is 12.1 Å². The largest absolute Gasteiger partial charge is 0.486 e. The summed E-state index contributed by atoms with van der Waals surface area (Å²) in [7, 11) is 0. The number of anilines is 1. The van der Waals surface area contributed by atoms with Gasteiger partial charge in [0.05, 0.1) is 12.2 Å². The maximum Gasteiger partial charge on any atom is 0.411 e. The Morgan fingerprint density at radius 2 is 2.04 bits per heavy atom. The van der Waals surface area contributed by atoms with Gasteiger partial charge in [0.2, 0.25) is 0 Å². The van der Waals surface area contributed by atoms with Crippen molar-refractivity contribution < 1.29 is 28.6 Å². The molecule has 0 radical (unpaired) electrons. The number of nitrogen functional groups attached to an aromatic ring is 1. The zero-order valence-electron chi connectivity index (χ0n) is 14.7. The standard InChI is InChI=1S/C17H23FN2O5/c1-16(2,3)25-15(23)20-9-11(8-17(20,4)14(21)22)24-13-7-10(18)5-6-12(13)19/h5-7,11H,8-9,19H2,1-4H3,(H,21,22)/t11-,17-/m0/s1. The monoisotopic (exact) mass is 354 g/mol. The number of amides is 1. The number of likely N-dealkylation sites (tertiary alicyclic amines) is 1. The first-order valence-corrected chi connectivity index (χ1v) is 7.88. The number of aliphatic carboxylic acids is 1. The number of carbonyl (C=O) groups is 2. The minimum atomic E-state index is -1.49. The second kappa shape index (κ2) is 6.42. The van der Waals surface area contributed by atoms with Crippen molar-refractivity contribution in [3.05, 3.63) is 24.0 Å². The molecule has 1 aromatic carbocycles. The Labute approximate surface area is 145 Å². The molecule has 0 saturated carbocycles. The molecule has 8 heteroatoms. The van der Waals surface area contributed by atoms with Crippen molar-refractivity contribution >= 4 is 17.7 Å². The van der Waals surface area contributed by atoms with E-state index < -0.39 is 35.1 Å². The van der Waals surface area contributed by atoms with Crippen molar-refractivity contribution in [1.82, 2.24) is 4.90 Å². The maximum atomic E-state index is 13.4. The second-order valence-electron chi connectivity index (χ2n) is 7.30. The highest BCUT2D eigenvalue weighted by molar-refractivity contribution is 5.85. The molecule has 1 aliphatic rings. The molecular weight excluding hydrogens is 331 g/mol. The number of benzene rings is 1. The molecule has 1 aromatic rings. The fourth-order valence-corrected chi connectivity index (χ4v) is 2.69. The van der Waals surface area contributed by atoms with Gasteiger partial charge in [0.15, 0.2) is 0 Å². The van der Waals surface area contributed by atoms with Gasteiger partial charge in [-0.2, -0.15) is 0 Å². The van der Waals surface area contributed by atoms with E-state index in [2.05, 4.69) is 0 Å². The van der Waals surface area contributed by atoms with Gasteiger partial charge in [-0.3, -0.25) is 4.90 Å². The lowest BCUT2D eigenvalue weighted by molar-refractivity contribution is -0.148. The molecule has 1 saturated heterocycles. The van der Waals surface area contributed by atoms with Gasteiger partial charge in [-0.1, -0.05) is 0 Å². The number of ether oxygens (including phenoxy) is 2. The molecule has 0 aliphatic carbocycles. The Morgan fingerprint density at radius 3 is 2.60 bits per heavy atom. The van der Waals surface area contributed by atoms with Crippen LogP contribution in [0.25, 0.3) is 0 Å². The quantitative estimate of drug-likeness (QED) is 0.809. The van der Waals surface area contributed by atoms with Gasteiger partial charge in [0.25, 0.3) is 0 Å². The molecule has 1 amide bonds. The van der Waals surface area contributed by atoms with Crippen molar-refractivity contribution in [2.24, 2.45) is 0 Å². The number of carbonyl (C=O) groups excluding carboxylic acids is 1. The predicted molar refractivity (Wildman–Crippen MR) is 88.8 cm³/mol. The van der Waals surface area contributed by atoms with Gasteiger partial charge in [0.1, 0.15) is 28.8 Å². The Hall–Kier alpha value is -2.51. The van der Waals surface area contributed by atoms with Crippen LogP contribution in [0.4, 0.5) is 14.9 Å². The third-order valence-electron chi connectivity index (χ3n) is 3.95. The summed E-state index contributed by atoms with van der Waals surface area (Å²) in [6.07, 6.45) is -1.37. The molecule has 1 aliphatic heterocycles. The van der Waals surface area contributed by atoms with Crippen LogP contribution in [0, 0.1) is 5.82 Å². The number of nitrogens with zero attached hydrogens (tertiary/aromatic N) is 1. The summed E-state index contributed by atoms with van der Waals surface area (Å²) in [5.74, 6) is -1.58. The molecule has 7 nitrogen and oxygen atoms in total. The summed E-state index contributed by atoms with van der Waals surface area (Å²) in [4.78, 5) is 25.3. The first kappa shape index (κ1) is 18.8. The molecule has 0 bridgehead atoms. The van der Waals surface area contributed by atoms with E-state index in [9.17, 15) is 19.1 Å². The normalized spacial score (nSPS) is 23.4. The van der Waals surface area contributed by atoms with E-state index in [4.69, 9.17) is 15.2 Å². The van der Waals surface area contributed by atoms with Crippen LogP contribution in [0.5, 0.6) is 5.75 Å². The van der Waals surface area contributed by atoms with E-state index in [1.165, 1.54) is 19.1 Å². The third kappa shape index (κ3) is 4.12. The summed E-state index contributed by atoms with van der Waals surface area (Å²) in [6, 6.07) is 3.69. The molecule has 1 fully saturated rings. The first-order chi connectivity index (χ1) is 11.4. The maximum absolute atomic E-state index is 13.4. The molecule has 0 unspecified atom stereocenters. The number of halogens is 1. The van der Waals surface area contributed by atoms with Gasteiger partial charge in [0, 0.05) is 12.5 Å². The lowest BCUT2D eigenvalue weighted by Crippen LogP contribution is -2.52. The lowest BCUT2D eigenvalue weighted by Gasteiger charge is -2.32. The number of rotatable bonds is 3. The van der Waals surface area contributed by atoms with Gasteiger partial charge in [-0.05, 0) is 39.8 Å². The van der Waals surface area contributed by atoms with E-state index >= 15 is 0 Å². The fraction of sp³-hybridized carbons (Fsp3) is 0.529. The van der Waals surface area contributed by atoms with Crippen LogP contribution < -0.4 is 10.5 Å². The molecule has 138 valence electrons. The number of hydrogen-bond acceptors (Lipinski definition) is 5. The molecular formula is C17H23FN2O5. The van der Waals surface area contributed by atoms with Crippen LogP contribution in [0.1, 0.15) is 34.1 Å². The molecule has 0 spiro atoms. The second-order valence-corrected chi connectivity index (χ2v) is 7.30. The Bertz CT molecular complexity index is 688. The summed E-state index contributed by atoms with van der Waals surface area (Å²) in [6.45, 7) is 6.51. The van der Waals surface area contributed by atoms with E-state index in [1.807, 2.05) is 0 Å². The number of carboxylic acids is 1. The van der Waals surface area contributed by atoms with Crippen molar-refractivity contribution in [1.29, 1.82) is 0 Å². The Kier molecular flexibility index (Phi) is 4.83. The van der Waals surface area contributed by atoms with E-state index in [1.54, 1.807) is 20.8 Å². The highest BCUT2D eigenvalue weighted by Gasteiger charge is 2.52. The Morgan fingerprint density at radius 1 is 1.40 bits per heavy atom. The van der Waals surface area contributed by atoms with Gasteiger partial charge in [-0.25, -0.2) is 14.0 Å². The molecule has 2 atom stereocenters. The third-order valence-corrected chi connectivity index (χ3v) is 3.95. The summed E-state index contributed by atoms with van der Waals surface area (Å²) in [5, 5.41) is 9.58. The molecule has 2 rings (SSSR count). The van der Waals surface area contributed by atoms with Gasteiger partial charge in [-0.15, -0.1) is 0 Å². The zero-order valence-corrected chi connectivity index (χ0v) is 14.7. The van der Waals surface area contributed by atoms with Crippen molar-refractivity contribution in [2.45, 2.75) is 51.4 Å². The topological polar surface area (TPSA) is 102 Å². The molecule has 0 aromatic heterocycles. The van der Waals surface area contributed by atoms with E-state index in [0.717, 1.165) is 11.0 Å². The molecule has 25 heavy (non-hydrogen) atoms. The summed E-state index contributed by atoms with van der Waals surface area (Å²) >= 11 is 0. The van der Waals surface area contributed by atoms with Crippen LogP contribution in [0.15, 0.2) is 18.2 Å². The van der Waals surface area contributed by atoms with Crippen molar-refractivity contribution in [2.75, 3.05) is 12.3 Å². The highest BCUT2D eigenvalue weighted by atomic mass is 19.1. The van der Waals surface area contributed by atoms with Gasteiger partial charge < -0.3 is 20.3 Å². The Balaban J connectivity index is 2.22. The van der Waals surface area contributed by atoms with Crippen LogP contribution in [-0.4, -0.2) is 45.9 Å². The molecule has 3 N–H and O–H groups in total. The van der Waals surface area contributed by atoms with Crippen LogP contribution in [0.2, 0.25) is 0 Å². The average molecular weight is 354 g/mol. The zero-order chi connectivity index (χ0) is 19.0.